The first-order valence-corrected chi connectivity index (χ1v) is 7.99. The van der Waals surface area contributed by atoms with E-state index < -0.39 is 11.6 Å². The molecule has 5 nitrogen and oxygen atoms in total. The lowest BCUT2D eigenvalue weighted by atomic mass is 9.87. The molecule has 0 aliphatic carbocycles. The number of aliphatic carboxylic acids is 1. The first-order valence-electron chi connectivity index (χ1n) is 7.99. The zero-order chi connectivity index (χ0) is 16.4. The van der Waals surface area contributed by atoms with Crippen LogP contribution in [-0.4, -0.2) is 51.3 Å². The molecule has 0 aromatic carbocycles. The summed E-state index contributed by atoms with van der Waals surface area (Å²) in [6.45, 7) is 6.52. The average Bonchev–Trinajstić information content (AvgIpc) is 2.47. The highest BCUT2D eigenvalue weighted by Gasteiger charge is 2.32. The quantitative estimate of drug-likeness (QED) is 0.820. The minimum absolute atomic E-state index is 0. The minimum Gasteiger partial charge on any atom is -0.481 e. The standard InChI is InChI=1S/C15H24N2O.C2H4O2.2ClH/c1-2-3-10-17-11-7-15(18,8-12-17)13-14-6-4-5-9-16-14;1-2(3)4;;/h4-6,9,18H,2-3,7-8,10-13H2,1H3;1H3,(H,3,4);2*1H. The Balaban J connectivity index is 0. The van der Waals surface area contributed by atoms with Crippen molar-refractivity contribution in [2.24, 2.45) is 0 Å². The van der Waals surface area contributed by atoms with Gasteiger partial charge in [-0.3, -0.25) is 9.78 Å². The number of piperidine rings is 1. The Morgan fingerprint density at radius 2 is 1.88 bits per heavy atom. The van der Waals surface area contributed by atoms with Crippen molar-refractivity contribution in [2.45, 2.75) is 51.6 Å². The lowest BCUT2D eigenvalue weighted by molar-refractivity contribution is -0.134. The molecule has 1 aromatic heterocycles. The SMILES string of the molecule is CC(=O)O.CCCCN1CCC(O)(Cc2ccccn2)CC1.Cl.Cl. The number of hydrogen-bond acceptors (Lipinski definition) is 4. The van der Waals surface area contributed by atoms with Crippen LogP contribution in [0.25, 0.3) is 0 Å². The number of halogens is 2. The third kappa shape index (κ3) is 10.8. The molecule has 1 aliphatic rings. The predicted octanol–water partition coefficient (Wildman–Crippen LogP) is 3.19. The van der Waals surface area contributed by atoms with Gasteiger partial charge in [0.25, 0.3) is 5.97 Å². The van der Waals surface area contributed by atoms with Gasteiger partial charge in [0.2, 0.25) is 0 Å². The van der Waals surface area contributed by atoms with Gasteiger partial charge in [0.05, 0.1) is 5.60 Å². The van der Waals surface area contributed by atoms with E-state index in [-0.39, 0.29) is 24.8 Å². The summed E-state index contributed by atoms with van der Waals surface area (Å²) in [5.41, 5.74) is 0.457. The van der Waals surface area contributed by atoms with Crippen molar-refractivity contribution >= 4 is 30.8 Å². The number of carboxylic acids is 1. The summed E-state index contributed by atoms with van der Waals surface area (Å²) < 4.78 is 0. The summed E-state index contributed by atoms with van der Waals surface area (Å²) >= 11 is 0. The van der Waals surface area contributed by atoms with E-state index >= 15 is 0 Å². The fourth-order valence-electron chi connectivity index (χ4n) is 2.59. The molecule has 0 radical (unpaired) electrons. The van der Waals surface area contributed by atoms with Crippen molar-refractivity contribution < 1.29 is 15.0 Å². The van der Waals surface area contributed by atoms with E-state index in [0.29, 0.717) is 6.42 Å². The lowest BCUT2D eigenvalue weighted by Gasteiger charge is -2.38. The molecule has 0 unspecified atom stereocenters. The van der Waals surface area contributed by atoms with Crippen molar-refractivity contribution in [3.8, 4) is 0 Å². The first kappa shape index (κ1) is 25.4. The highest BCUT2D eigenvalue weighted by Crippen LogP contribution is 2.25. The van der Waals surface area contributed by atoms with E-state index in [1.54, 1.807) is 6.20 Å². The number of hydrogen-bond donors (Lipinski definition) is 2. The second-order valence-electron chi connectivity index (χ2n) is 5.94. The van der Waals surface area contributed by atoms with Crippen molar-refractivity contribution in [3.05, 3.63) is 30.1 Å². The van der Waals surface area contributed by atoms with Crippen molar-refractivity contribution in [2.75, 3.05) is 19.6 Å². The topological polar surface area (TPSA) is 73.7 Å². The van der Waals surface area contributed by atoms with Gasteiger partial charge in [0.1, 0.15) is 0 Å². The second-order valence-corrected chi connectivity index (χ2v) is 5.94. The fourth-order valence-corrected chi connectivity index (χ4v) is 2.59. The van der Waals surface area contributed by atoms with Gasteiger partial charge in [-0.2, -0.15) is 0 Å². The van der Waals surface area contributed by atoms with Crippen molar-refractivity contribution in [3.63, 3.8) is 0 Å². The van der Waals surface area contributed by atoms with Crippen LogP contribution in [0.2, 0.25) is 0 Å². The van der Waals surface area contributed by atoms with Crippen LogP contribution >= 0.6 is 24.8 Å². The van der Waals surface area contributed by atoms with Crippen LogP contribution in [0.15, 0.2) is 24.4 Å². The Kier molecular flexibility index (Phi) is 14.2. The summed E-state index contributed by atoms with van der Waals surface area (Å²) in [5, 5.41) is 18.0. The monoisotopic (exact) mass is 380 g/mol. The van der Waals surface area contributed by atoms with Crippen LogP contribution in [0.1, 0.15) is 45.2 Å². The summed E-state index contributed by atoms with van der Waals surface area (Å²) in [4.78, 5) is 15.8. The van der Waals surface area contributed by atoms with Gasteiger partial charge in [0, 0.05) is 38.3 Å². The fraction of sp³-hybridized carbons (Fsp3) is 0.647. The summed E-state index contributed by atoms with van der Waals surface area (Å²) in [6, 6.07) is 5.91. The van der Waals surface area contributed by atoms with E-state index in [0.717, 1.165) is 38.5 Å². The van der Waals surface area contributed by atoms with Crippen LogP contribution in [0, 0.1) is 0 Å². The summed E-state index contributed by atoms with van der Waals surface area (Å²) in [5.74, 6) is -0.833. The number of nitrogens with zero attached hydrogens (tertiary/aromatic N) is 2. The van der Waals surface area contributed by atoms with Crippen LogP contribution in [-0.2, 0) is 11.2 Å². The van der Waals surface area contributed by atoms with Gasteiger partial charge >= 0.3 is 0 Å². The molecule has 7 heteroatoms. The zero-order valence-corrected chi connectivity index (χ0v) is 16.1. The maximum Gasteiger partial charge on any atom is 0.300 e. The average molecular weight is 381 g/mol. The largest absolute Gasteiger partial charge is 0.481 e. The molecule has 2 N–H and O–H groups in total. The van der Waals surface area contributed by atoms with Gasteiger partial charge in [0.15, 0.2) is 0 Å². The van der Waals surface area contributed by atoms with Crippen LogP contribution in [0.5, 0.6) is 0 Å². The number of rotatable bonds is 5. The summed E-state index contributed by atoms with van der Waals surface area (Å²) in [6.07, 6.45) is 6.73. The van der Waals surface area contributed by atoms with Crippen LogP contribution < -0.4 is 0 Å². The Hall–Kier alpha value is -0.880. The summed E-state index contributed by atoms with van der Waals surface area (Å²) in [7, 11) is 0. The lowest BCUT2D eigenvalue weighted by Crippen LogP contribution is -2.46. The van der Waals surface area contributed by atoms with E-state index in [9.17, 15) is 5.11 Å². The first-order chi connectivity index (χ1) is 10.4. The van der Waals surface area contributed by atoms with Gasteiger partial charge < -0.3 is 15.1 Å². The molecule has 140 valence electrons. The maximum absolute atomic E-state index is 10.6. The molecule has 0 atom stereocenters. The van der Waals surface area contributed by atoms with Gasteiger partial charge in [-0.1, -0.05) is 19.4 Å². The predicted molar refractivity (Wildman–Crippen MR) is 101 cm³/mol. The Bertz CT molecular complexity index is 435. The Labute approximate surface area is 157 Å². The van der Waals surface area contributed by atoms with Gasteiger partial charge in [-0.15, -0.1) is 24.8 Å². The van der Waals surface area contributed by atoms with Gasteiger partial charge in [-0.25, -0.2) is 0 Å². The van der Waals surface area contributed by atoms with Crippen molar-refractivity contribution in [1.29, 1.82) is 0 Å². The van der Waals surface area contributed by atoms with Gasteiger partial charge in [-0.05, 0) is 37.9 Å². The maximum atomic E-state index is 10.6. The molecule has 0 saturated carbocycles. The smallest absolute Gasteiger partial charge is 0.300 e. The van der Waals surface area contributed by atoms with E-state index in [1.807, 2.05) is 18.2 Å². The normalized spacial score (nSPS) is 16.0. The van der Waals surface area contributed by atoms with E-state index in [2.05, 4.69) is 16.8 Å². The molecule has 1 saturated heterocycles. The molecule has 24 heavy (non-hydrogen) atoms. The van der Waals surface area contributed by atoms with Crippen molar-refractivity contribution in [1.82, 2.24) is 9.88 Å². The number of likely N-dealkylation sites (tertiary alicyclic amines) is 1. The minimum atomic E-state index is -0.833. The van der Waals surface area contributed by atoms with Crippen LogP contribution in [0.3, 0.4) is 0 Å². The molecule has 0 bridgehead atoms. The number of carboxylic acid groups (broad SMARTS) is 1. The highest BCUT2D eigenvalue weighted by atomic mass is 35.5. The molecule has 0 amide bonds. The molecule has 1 aliphatic heterocycles. The Morgan fingerprint density at radius 1 is 1.29 bits per heavy atom. The number of unbranched alkanes of at least 4 members (excludes halogenated alkanes) is 1. The number of carbonyl (C=O) groups is 1. The molecule has 1 fully saturated rings. The zero-order valence-electron chi connectivity index (χ0n) is 14.5. The number of aliphatic hydroxyl groups is 1. The molecule has 1 aromatic rings. The van der Waals surface area contributed by atoms with Crippen LogP contribution in [0.4, 0.5) is 0 Å². The highest BCUT2D eigenvalue weighted by molar-refractivity contribution is 5.85. The van der Waals surface area contributed by atoms with E-state index in [1.165, 1.54) is 19.4 Å². The van der Waals surface area contributed by atoms with E-state index in [4.69, 9.17) is 9.90 Å². The molecule has 2 heterocycles. The second kappa shape index (κ2) is 13.4. The molecular weight excluding hydrogens is 351 g/mol. The Morgan fingerprint density at radius 3 is 2.33 bits per heavy atom. The number of pyridine rings is 1. The molecule has 2 rings (SSSR count). The molecule has 0 spiro atoms. The third-order valence-corrected chi connectivity index (χ3v) is 3.85. The number of aromatic nitrogens is 1. The third-order valence-electron chi connectivity index (χ3n) is 3.85. The molecular formula is C17H30Cl2N2O3.